The zero-order chi connectivity index (χ0) is 22.8. The van der Waals surface area contributed by atoms with Gasteiger partial charge in [0.1, 0.15) is 11.5 Å². The number of benzene rings is 3. The van der Waals surface area contributed by atoms with Gasteiger partial charge in [-0.25, -0.2) is 4.98 Å². The molecule has 0 atom stereocenters. The van der Waals surface area contributed by atoms with Gasteiger partial charge in [0, 0.05) is 16.3 Å². The Morgan fingerprint density at radius 2 is 1.73 bits per heavy atom. The summed E-state index contributed by atoms with van der Waals surface area (Å²) in [7, 11) is 1.67. The number of anilines is 1. The Morgan fingerprint density at radius 1 is 0.970 bits per heavy atom. The average Bonchev–Trinajstić information content (AvgIpc) is 3.51. The van der Waals surface area contributed by atoms with Gasteiger partial charge < -0.3 is 9.15 Å². The molecule has 0 unspecified atom stereocenters. The van der Waals surface area contributed by atoms with Crippen molar-refractivity contribution in [2.75, 3.05) is 12.0 Å². The molecule has 0 aliphatic carbocycles. The number of hydrogen-bond donors (Lipinski definition) is 0. The normalized spacial score (nSPS) is 11.0. The van der Waals surface area contributed by atoms with E-state index in [0.717, 1.165) is 33.3 Å². The number of aryl methyl sites for hydroxylation is 1. The highest BCUT2D eigenvalue weighted by atomic mass is 32.1. The summed E-state index contributed by atoms with van der Waals surface area (Å²) >= 11 is 1.44. The van der Waals surface area contributed by atoms with Gasteiger partial charge in [-0.2, -0.15) is 0 Å². The quantitative estimate of drug-likeness (QED) is 0.286. The Bertz CT molecular complexity index is 1420. The lowest BCUT2D eigenvalue weighted by Gasteiger charge is -2.19. The van der Waals surface area contributed by atoms with E-state index in [0.29, 0.717) is 23.2 Å². The molecular weight excluding hydrogens is 432 g/mol. The molecule has 3 aromatic carbocycles. The molecule has 2 heterocycles. The Balaban J connectivity index is 1.56. The maximum absolute atomic E-state index is 13.4. The number of aromatic nitrogens is 1. The summed E-state index contributed by atoms with van der Waals surface area (Å²) < 4.78 is 11.2. The van der Waals surface area contributed by atoms with Crippen LogP contribution in [0, 0.1) is 6.92 Å². The molecule has 0 saturated heterocycles. The lowest BCUT2D eigenvalue weighted by Crippen LogP contribution is -2.30. The lowest BCUT2D eigenvalue weighted by molar-refractivity contribution is 0.0957. The van der Waals surface area contributed by atoms with E-state index >= 15 is 0 Å². The molecule has 0 fully saturated rings. The Kier molecular flexibility index (Phi) is 5.67. The molecule has 5 nitrogen and oxygen atoms in total. The van der Waals surface area contributed by atoms with Crippen LogP contribution in [0.1, 0.15) is 21.9 Å². The van der Waals surface area contributed by atoms with Crippen LogP contribution >= 0.6 is 11.3 Å². The molecule has 1 amide bonds. The first-order chi connectivity index (χ1) is 16.1. The average molecular weight is 455 g/mol. The van der Waals surface area contributed by atoms with Crippen LogP contribution in [-0.4, -0.2) is 18.0 Å². The minimum Gasteiger partial charge on any atom is -0.496 e. The third-order valence-electron chi connectivity index (χ3n) is 5.48. The molecule has 0 saturated carbocycles. The van der Waals surface area contributed by atoms with Gasteiger partial charge in [-0.3, -0.25) is 9.69 Å². The second kappa shape index (κ2) is 8.92. The molecule has 5 aromatic rings. The van der Waals surface area contributed by atoms with Gasteiger partial charge in [0.2, 0.25) is 0 Å². The van der Waals surface area contributed by atoms with Gasteiger partial charge in [-0.1, -0.05) is 54.6 Å². The zero-order valence-corrected chi connectivity index (χ0v) is 19.1. The molecule has 0 bridgehead atoms. The molecule has 33 heavy (non-hydrogen) atoms. The summed E-state index contributed by atoms with van der Waals surface area (Å²) in [6.45, 7) is 2.23. The van der Waals surface area contributed by atoms with Gasteiger partial charge in [-0.15, -0.1) is 11.3 Å². The van der Waals surface area contributed by atoms with Crippen LogP contribution in [0.5, 0.6) is 5.75 Å². The SMILES string of the molecule is COc1ccc(-c2csc(N(Cc3ccccc3)C(=O)c3ccc(C)o3)n2)c2ccccc12. The van der Waals surface area contributed by atoms with Crippen molar-refractivity contribution in [1.82, 2.24) is 4.98 Å². The monoisotopic (exact) mass is 454 g/mol. The molecule has 0 spiro atoms. The second-order valence-corrected chi connectivity index (χ2v) is 8.50. The van der Waals surface area contributed by atoms with Crippen LogP contribution in [-0.2, 0) is 6.54 Å². The molecule has 0 aliphatic heterocycles. The first-order valence-corrected chi connectivity index (χ1v) is 11.5. The van der Waals surface area contributed by atoms with Crippen molar-refractivity contribution < 1.29 is 13.9 Å². The van der Waals surface area contributed by atoms with E-state index in [9.17, 15) is 4.79 Å². The van der Waals surface area contributed by atoms with E-state index in [-0.39, 0.29) is 5.91 Å². The fraction of sp³-hybridized carbons (Fsp3) is 0.111. The van der Waals surface area contributed by atoms with E-state index in [1.54, 1.807) is 24.1 Å². The van der Waals surface area contributed by atoms with Crippen molar-refractivity contribution in [1.29, 1.82) is 0 Å². The van der Waals surface area contributed by atoms with E-state index in [4.69, 9.17) is 14.1 Å². The number of rotatable bonds is 6. The van der Waals surface area contributed by atoms with Gasteiger partial charge >= 0.3 is 0 Å². The standard InChI is InChI=1S/C27H22N2O3S/c1-18-12-14-25(32-18)26(30)29(16-19-8-4-3-5-9-19)27-28-23(17-33-27)21-13-15-24(31-2)22-11-7-6-10-20(21)22/h3-15,17H,16H2,1-2H3. The minimum atomic E-state index is -0.215. The van der Waals surface area contributed by atoms with Gasteiger partial charge in [0.15, 0.2) is 10.9 Å². The van der Waals surface area contributed by atoms with Crippen molar-refractivity contribution in [3.63, 3.8) is 0 Å². The van der Waals surface area contributed by atoms with E-state index in [2.05, 4.69) is 6.07 Å². The number of thiazole rings is 1. The maximum atomic E-state index is 13.4. The molecule has 2 aromatic heterocycles. The third-order valence-corrected chi connectivity index (χ3v) is 6.35. The van der Waals surface area contributed by atoms with E-state index in [1.807, 2.05) is 73.0 Å². The largest absolute Gasteiger partial charge is 0.496 e. The fourth-order valence-corrected chi connectivity index (χ4v) is 4.68. The lowest BCUT2D eigenvalue weighted by atomic mass is 10.0. The first kappa shape index (κ1) is 21.0. The van der Waals surface area contributed by atoms with Crippen LogP contribution in [0.15, 0.2) is 88.7 Å². The number of furan rings is 1. The van der Waals surface area contributed by atoms with E-state index in [1.165, 1.54) is 11.3 Å². The van der Waals surface area contributed by atoms with E-state index < -0.39 is 0 Å². The number of nitrogens with zero attached hydrogens (tertiary/aromatic N) is 2. The van der Waals surface area contributed by atoms with Gasteiger partial charge in [0.05, 0.1) is 19.3 Å². The molecule has 0 aliphatic rings. The number of fused-ring (bicyclic) bond motifs is 1. The predicted octanol–water partition coefficient (Wildman–Crippen LogP) is 6.72. The molecular formula is C27H22N2O3S. The van der Waals surface area contributed by atoms with Crippen molar-refractivity contribution in [2.24, 2.45) is 0 Å². The second-order valence-electron chi connectivity index (χ2n) is 7.66. The van der Waals surface area contributed by atoms with Crippen molar-refractivity contribution in [2.45, 2.75) is 13.5 Å². The van der Waals surface area contributed by atoms with Crippen LogP contribution in [0.4, 0.5) is 5.13 Å². The smallest absolute Gasteiger partial charge is 0.296 e. The summed E-state index contributed by atoms with van der Waals surface area (Å²) in [4.78, 5) is 19.9. The highest BCUT2D eigenvalue weighted by molar-refractivity contribution is 7.14. The number of ether oxygens (including phenoxy) is 1. The molecule has 164 valence electrons. The Hall–Kier alpha value is -3.90. The number of methoxy groups -OCH3 is 1. The number of hydrogen-bond acceptors (Lipinski definition) is 5. The van der Waals surface area contributed by atoms with Crippen LogP contribution in [0.25, 0.3) is 22.0 Å². The first-order valence-electron chi connectivity index (χ1n) is 10.6. The van der Waals surface area contributed by atoms with Crippen molar-refractivity contribution >= 4 is 33.1 Å². The number of amides is 1. The fourth-order valence-electron chi connectivity index (χ4n) is 3.86. The Labute approximate surface area is 195 Å². The van der Waals surface area contributed by atoms with Crippen LogP contribution in [0.2, 0.25) is 0 Å². The van der Waals surface area contributed by atoms with Crippen molar-refractivity contribution in [3.8, 4) is 17.0 Å². The minimum absolute atomic E-state index is 0.215. The Morgan fingerprint density at radius 3 is 2.45 bits per heavy atom. The summed E-state index contributed by atoms with van der Waals surface area (Å²) in [5.74, 6) is 1.60. The van der Waals surface area contributed by atoms with Gasteiger partial charge in [0.25, 0.3) is 5.91 Å². The molecule has 5 rings (SSSR count). The topological polar surface area (TPSA) is 55.6 Å². The maximum Gasteiger partial charge on any atom is 0.296 e. The molecule has 6 heteroatoms. The summed E-state index contributed by atoms with van der Waals surface area (Å²) in [6, 6.07) is 25.5. The predicted molar refractivity (Wildman–Crippen MR) is 132 cm³/mol. The van der Waals surface area contributed by atoms with Crippen LogP contribution < -0.4 is 9.64 Å². The van der Waals surface area contributed by atoms with Gasteiger partial charge in [-0.05, 0) is 42.1 Å². The van der Waals surface area contributed by atoms with Crippen LogP contribution in [0.3, 0.4) is 0 Å². The van der Waals surface area contributed by atoms with Crippen molar-refractivity contribution in [3.05, 3.63) is 101 Å². The highest BCUT2D eigenvalue weighted by Gasteiger charge is 2.24. The third kappa shape index (κ3) is 4.13. The summed E-state index contributed by atoms with van der Waals surface area (Å²) in [6.07, 6.45) is 0. The zero-order valence-electron chi connectivity index (χ0n) is 18.3. The number of carbonyl (C=O) groups is 1. The summed E-state index contributed by atoms with van der Waals surface area (Å²) in [5.41, 5.74) is 2.82. The molecule has 0 radical (unpaired) electrons. The molecule has 0 N–H and O–H groups in total. The highest BCUT2D eigenvalue weighted by Crippen LogP contribution is 2.36. The number of carbonyl (C=O) groups excluding carboxylic acids is 1. The summed E-state index contributed by atoms with van der Waals surface area (Å²) in [5, 5.41) is 4.68.